The van der Waals surface area contributed by atoms with E-state index in [1.807, 2.05) is 0 Å². The molecule has 0 radical (unpaired) electrons. The first kappa shape index (κ1) is 23.0. The Morgan fingerprint density at radius 2 is 1.75 bits per heavy atom. The number of rotatable bonds is 8. The molecule has 0 atom stereocenters. The van der Waals surface area contributed by atoms with E-state index in [0.29, 0.717) is 29.6 Å². The fourth-order valence-corrected chi connectivity index (χ4v) is 2.36. The maximum atomic E-state index is 12.0. The standard InChI is InChI=1S/C17H27ClN4O.HI/c1-4-13(5-2)12-22-17(19-3)21-11-10-20-16(23)14-8-6-7-9-15(14)18;/h6-9,13H,4-5,10-12H2,1-3H3,(H,20,23)(H2,19,21,22);1H. The molecule has 1 rings (SSSR count). The first-order valence-electron chi connectivity index (χ1n) is 8.09. The molecular formula is C17H28ClIN4O. The van der Waals surface area contributed by atoms with Crippen LogP contribution in [0.3, 0.4) is 0 Å². The van der Waals surface area contributed by atoms with Gasteiger partial charge in [0.05, 0.1) is 10.6 Å². The van der Waals surface area contributed by atoms with Gasteiger partial charge in [0, 0.05) is 26.7 Å². The molecule has 0 aromatic heterocycles. The lowest BCUT2D eigenvalue weighted by molar-refractivity contribution is 0.0954. The van der Waals surface area contributed by atoms with Crippen molar-refractivity contribution in [2.45, 2.75) is 26.7 Å². The van der Waals surface area contributed by atoms with Gasteiger partial charge in [-0.05, 0) is 18.1 Å². The van der Waals surface area contributed by atoms with E-state index in [0.717, 1.165) is 25.3 Å². The number of hydrogen-bond donors (Lipinski definition) is 3. The van der Waals surface area contributed by atoms with Crippen LogP contribution in [0.15, 0.2) is 29.3 Å². The van der Waals surface area contributed by atoms with Crippen LogP contribution in [-0.2, 0) is 0 Å². The molecule has 0 aliphatic rings. The summed E-state index contributed by atoms with van der Waals surface area (Å²) < 4.78 is 0. The van der Waals surface area contributed by atoms with Gasteiger partial charge >= 0.3 is 0 Å². The van der Waals surface area contributed by atoms with Crippen LogP contribution in [0.2, 0.25) is 5.02 Å². The fourth-order valence-electron chi connectivity index (χ4n) is 2.14. The molecule has 0 aliphatic heterocycles. The molecule has 1 aromatic rings. The van der Waals surface area contributed by atoms with E-state index >= 15 is 0 Å². The number of halogens is 2. The zero-order valence-corrected chi connectivity index (χ0v) is 17.7. The number of benzene rings is 1. The SMILES string of the molecule is CCC(CC)CNC(=NC)NCCNC(=O)c1ccccc1Cl.I. The Bertz CT molecular complexity index is 521. The first-order valence-corrected chi connectivity index (χ1v) is 8.47. The average Bonchev–Trinajstić information content (AvgIpc) is 2.57. The topological polar surface area (TPSA) is 65.5 Å². The van der Waals surface area contributed by atoms with Gasteiger partial charge in [0.2, 0.25) is 0 Å². The van der Waals surface area contributed by atoms with Crippen LogP contribution in [0.5, 0.6) is 0 Å². The lowest BCUT2D eigenvalue weighted by atomic mass is 10.0. The Balaban J connectivity index is 0.00000529. The van der Waals surface area contributed by atoms with Crippen molar-refractivity contribution < 1.29 is 4.79 Å². The lowest BCUT2D eigenvalue weighted by Crippen LogP contribution is -2.43. The molecule has 0 spiro atoms. The second kappa shape index (κ2) is 13.3. The van der Waals surface area contributed by atoms with E-state index in [4.69, 9.17) is 11.6 Å². The molecule has 1 amide bonds. The molecule has 0 heterocycles. The van der Waals surface area contributed by atoms with Crippen molar-refractivity contribution >= 4 is 47.4 Å². The fraction of sp³-hybridized carbons (Fsp3) is 0.529. The predicted molar refractivity (Wildman–Crippen MR) is 113 cm³/mol. The molecular weight excluding hydrogens is 439 g/mol. The summed E-state index contributed by atoms with van der Waals surface area (Å²) in [6.07, 6.45) is 2.29. The zero-order valence-electron chi connectivity index (χ0n) is 14.6. The van der Waals surface area contributed by atoms with Crippen molar-refractivity contribution in [2.75, 3.05) is 26.7 Å². The van der Waals surface area contributed by atoms with Gasteiger partial charge in [0.25, 0.3) is 5.91 Å². The maximum absolute atomic E-state index is 12.0. The molecule has 0 unspecified atom stereocenters. The number of nitrogens with zero attached hydrogens (tertiary/aromatic N) is 1. The summed E-state index contributed by atoms with van der Waals surface area (Å²) in [7, 11) is 1.74. The molecule has 0 fully saturated rings. The van der Waals surface area contributed by atoms with E-state index < -0.39 is 0 Å². The van der Waals surface area contributed by atoms with E-state index in [-0.39, 0.29) is 29.9 Å². The Hall–Kier alpha value is -1.02. The van der Waals surface area contributed by atoms with Gasteiger partial charge in [-0.2, -0.15) is 0 Å². The number of amides is 1. The third-order valence-electron chi connectivity index (χ3n) is 3.76. The van der Waals surface area contributed by atoms with E-state index in [1.165, 1.54) is 0 Å². The third-order valence-corrected chi connectivity index (χ3v) is 4.09. The lowest BCUT2D eigenvalue weighted by Gasteiger charge is -2.16. The number of hydrogen-bond acceptors (Lipinski definition) is 2. The van der Waals surface area contributed by atoms with Gasteiger partial charge in [-0.3, -0.25) is 9.79 Å². The van der Waals surface area contributed by atoms with Crippen molar-refractivity contribution in [1.29, 1.82) is 0 Å². The van der Waals surface area contributed by atoms with Gasteiger partial charge in [-0.25, -0.2) is 0 Å². The zero-order chi connectivity index (χ0) is 17.1. The molecule has 136 valence electrons. The average molecular weight is 467 g/mol. The Morgan fingerprint density at radius 1 is 1.12 bits per heavy atom. The summed E-state index contributed by atoms with van der Waals surface area (Å²) >= 11 is 6.00. The number of nitrogens with one attached hydrogen (secondary N) is 3. The van der Waals surface area contributed by atoms with Crippen LogP contribution in [0.4, 0.5) is 0 Å². The molecule has 7 heteroatoms. The summed E-state index contributed by atoms with van der Waals surface area (Å²) in [4.78, 5) is 16.2. The molecule has 3 N–H and O–H groups in total. The smallest absolute Gasteiger partial charge is 0.252 e. The molecule has 0 saturated heterocycles. The predicted octanol–water partition coefficient (Wildman–Crippen LogP) is 3.29. The second-order valence-electron chi connectivity index (χ2n) is 5.30. The molecule has 0 saturated carbocycles. The van der Waals surface area contributed by atoms with Gasteiger partial charge < -0.3 is 16.0 Å². The number of carbonyl (C=O) groups is 1. The highest BCUT2D eigenvalue weighted by molar-refractivity contribution is 14.0. The van der Waals surface area contributed by atoms with Gasteiger partial charge in [-0.15, -0.1) is 24.0 Å². The highest BCUT2D eigenvalue weighted by atomic mass is 127. The minimum Gasteiger partial charge on any atom is -0.356 e. The van der Waals surface area contributed by atoms with Crippen LogP contribution in [-0.4, -0.2) is 38.5 Å². The highest BCUT2D eigenvalue weighted by Crippen LogP contribution is 2.14. The monoisotopic (exact) mass is 466 g/mol. The molecule has 0 bridgehead atoms. The van der Waals surface area contributed by atoms with Gasteiger partial charge in [-0.1, -0.05) is 50.4 Å². The van der Waals surface area contributed by atoms with E-state index in [2.05, 4.69) is 34.8 Å². The summed E-state index contributed by atoms with van der Waals surface area (Å²) in [6.45, 7) is 6.37. The van der Waals surface area contributed by atoms with Crippen LogP contribution in [0.25, 0.3) is 0 Å². The molecule has 0 aliphatic carbocycles. The normalized spacial score (nSPS) is 11.0. The van der Waals surface area contributed by atoms with E-state index in [1.54, 1.807) is 31.3 Å². The third kappa shape index (κ3) is 8.19. The van der Waals surface area contributed by atoms with Crippen LogP contribution >= 0.6 is 35.6 Å². The summed E-state index contributed by atoms with van der Waals surface area (Å²) in [6, 6.07) is 7.01. The Kier molecular flexibility index (Phi) is 12.7. The quantitative estimate of drug-likeness (QED) is 0.238. The molecule has 1 aromatic carbocycles. The summed E-state index contributed by atoms with van der Waals surface area (Å²) in [5.41, 5.74) is 0.491. The Morgan fingerprint density at radius 3 is 2.33 bits per heavy atom. The minimum atomic E-state index is -0.169. The van der Waals surface area contributed by atoms with Crippen molar-refractivity contribution in [3.05, 3.63) is 34.9 Å². The maximum Gasteiger partial charge on any atom is 0.252 e. The highest BCUT2D eigenvalue weighted by Gasteiger charge is 2.08. The van der Waals surface area contributed by atoms with E-state index in [9.17, 15) is 4.79 Å². The minimum absolute atomic E-state index is 0. The number of carbonyl (C=O) groups excluding carboxylic acids is 1. The number of aliphatic imine (C=N–C) groups is 1. The van der Waals surface area contributed by atoms with Crippen LogP contribution < -0.4 is 16.0 Å². The Labute approximate surface area is 167 Å². The number of guanidine groups is 1. The van der Waals surface area contributed by atoms with Crippen molar-refractivity contribution in [1.82, 2.24) is 16.0 Å². The van der Waals surface area contributed by atoms with Crippen molar-refractivity contribution in [2.24, 2.45) is 10.9 Å². The second-order valence-corrected chi connectivity index (χ2v) is 5.71. The van der Waals surface area contributed by atoms with Gasteiger partial charge in [0.1, 0.15) is 0 Å². The van der Waals surface area contributed by atoms with Crippen LogP contribution in [0.1, 0.15) is 37.0 Å². The van der Waals surface area contributed by atoms with Crippen molar-refractivity contribution in [3.8, 4) is 0 Å². The van der Waals surface area contributed by atoms with Gasteiger partial charge in [0.15, 0.2) is 5.96 Å². The molecule has 5 nitrogen and oxygen atoms in total. The van der Waals surface area contributed by atoms with Crippen molar-refractivity contribution in [3.63, 3.8) is 0 Å². The largest absolute Gasteiger partial charge is 0.356 e. The van der Waals surface area contributed by atoms with Crippen LogP contribution in [0, 0.1) is 5.92 Å². The summed E-state index contributed by atoms with van der Waals surface area (Å²) in [5, 5.41) is 9.79. The first-order chi connectivity index (χ1) is 11.1. The molecule has 24 heavy (non-hydrogen) atoms. The summed E-state index contributed by atoms with van der Waals surface area (Å²) in [5.74, 6) is 1.23.